The second-order valence-corrected chi connectivity index (χ2v) is 93.2. The predicted molar refractivity (Wildman–Crippen MR) is 144 cm³/mol. The molecule has 4 rings (SSSR count). The van der Waals surface area contributed by atoms with Gasteiger partial charge >= 0.3 is 201 Å². The van der Waals surface area contributed by atoms with Gasteiger partial charge in [-0.2, -0.15) is 0 Å². The van der Waals surface area contributed by atoms with Gasteiger partial charge in [0.2, 0.25) is 0 Å². The van der Waals surface area contributed by atoms with E-state index in [4.69, 9.17) is 0 Å². The van der Waals surface area contributed by atoms with Crippen LogP contribution in [0.5, 0.6) is 0 Å². The quantitative estimate of drug-likeness (QED) is 0.261. The number of allylic oxidation sites excluding steroid dienone is 4. The summed E-state index contributed by atoms with van der Waals surface area (Å²) >= 11 is -3.53. The molecule has 2 heteroatoms. The first-order valence-electron chi connectivity index (χ1n) is 13.0. The van der Waals surface area contributed by atoms with Crippen LogP contribution in [0.15, 0.2) is 59.7 Å². The van der Waals surface area contributed by atoms with Gasteiger partial charge in [0, 0.05) is 0 Å². The Bertz CT molecular complexity index is 1020. The molecule has 2 aliphatic rings. The topological polar surface area (TPSA) is 0 Å². The number of fused-ring (bicyclic) bond motifs is 2. The van der Waals surface area contributed by atoms with Gasteiger partial charge in [0.25, 0.3) is 0 Å². The van der Waals surface area contributed by atoms with E-state index >= 15 is 0 Å². The summed E-state index contributed by atoms with van der Waals surface area (Å²) in [4.78, 5) is 0. The van der Waals surface area contributed by atoms with Crippen LogP contribution < -0.4 is 0 Å². The molecule has 0 saturated heterocycles. The summed E-state index contributed by atoms with van der Waals surface area (Å²) in [6.45, 7) is 9.74. The van der Waals surface area contributed by atoms with Crippen LogP contribution in [0.2, 0.25) is 20.9 Å². The van der Waals surface area contributed by atoms with E-state index in [1.165, 1.54) is 25.7 Å². The normalized spacial score (nSPS) is 21.7. The van der Waals surface area contributed by atoms with Gasteiger partial charge in [-0.1, -0.05) is 0 Å². The molecule has 2 aromatic carbocycles. The summed E-state index contributed by atoms with van der Waals surface area (Å²) in [7, 11) is -1.55. The van der Waals surface area contributed by atoms with Crippen molar-refractivity contribution < 1.29 is 16.0 Å². The van der Waals surface area contributed by atoms with Crippen LogP contribution in [0.1, 0.15) is 83.0 Å². The molecule has 0 radical (unpaired) electrons. The third-order valence-electron chi connectivity index (χ3n) is 9.65. The van der Waals surface area contributed by atoms with Crippen LogP contribution in [-0.4, -0.2) is 10.6 Å². The average molecular weight is 655 g/mol. The maximum atomic E-state index is 2.92. The van der Waals surface area contributed by atoms with Gasteiger partial charge in [-0.25, -0.2) is 0 Å². The van der Waals surface area contributed by atoms with Gasteiger partial charge in [-0.3, -0.25) is 0 Å². The molecule has 2 atom stereocenters. The van der Waals surface area contributed by atoms with E-state index in [9.17, 15) is 0 Å². The Morgan fingerprint density at radius 2 is 1.06 bits per heavy atom. The summed E-state index contributed by atoms with van der Waals surface area (Å²) in [6, 6.07) is 19.0. The molecule has 0 aliphatic heterocycles. The molecule has 0 heterocycles. The zero-order chi connectivity index (χ0) is 23.3. The van der Waals surface area contributed by atoms with Crippen LogP contribution in [-0.2, 0) is 16.0 Å². The number of benzene rings is 2. The van der Waals surface area contributed by atoms with Crippen molar-refractivity contribution in [1.82, 2.24) is 0 Å². The Hall–Kier alpha value is -0.667. The van der Waals surface area contributed by atoms with Crippen molar-refractivity contribution in [3.05, 3.63) is 81.9 Å². The first-order chi connectivity index (χ1) is 15.2. The van der Waals surface area contributed by atoms with Gasteiger partial charge in [-0.15, -0.1) is 0 Å². The van der Waals surface area contributed by atoms with Crippen LogP contribution in [0, 0.1) is 0 Å². The fraction of sp³-hybridized carbons (Fsp3) is 0.467. The Balaban J connectivity index is 2.03. The Kier molecular flexibility index (Phi) is 6.76. The molecule has 2 aromatic rings. The Morgan fingerprint density at radius 3 is 1.41 bits per heavy atom. The Morgan fingerprint density at radius 1 is 0.688 bits per heavy atom. The summed E-state index contributed by atoms with van der Waals surface area (Å²) in [5.41, 5.74) is 13.4. The molecule has 0 fully saturated rings. The van der Waals surface area contributed by atoms with Gasteiger partial charge in [0.05, 0.1) is 0 Å². The molecule has 2 aliphatic carbocycles. The maximum absolute atomic E-state index is 3.53. The summed E-state index contributed by atoms with van der Waals surface area (Å²) < 4.78 is 7.28. The van der Waals surface area contributed by atoms with Gasteiger partial charge in [-0.05, 0) is 0 Å². The molecular weight excluding hydrogens is 611 g/mol. The zero-order valence-electron chi connectivity index (χ0n) is 21.7. The third kappa shape index (κ3) is 3.39. The number of hydrogen-bond donors (Lipinski definition) is 0. The average Bonchev–Trinajstić information content (AvgIpc) is 3.21. The van der Waals surface area contributed by atoms with Crippen molar-refractivity contribution in [2.45, 2.75) is 81.6 Å². The van der Waals surface area contributed by atoms with E-state index in [-0.39, 0.29) is 0 Å². The van der Waals surface area contributed by atoms with E-state index in [1.54, 1.807) is 44.5 Å². The van der Waals surface area contributed by atoms with Crippen molar-refractivity contribution in [2.75, 3.05) is 0 Å². The first kappa shape index (κ1) is 24.5. The van der Waals surface area contributed by atoms with Crippen molar-refractivity contribution in [2.24, 2.45) is 0 Å². The van der Waals surface area contributed by atoms with E-state index in [1.807, 2.05) is 0 Å². The summed E-state index contributed by atoms with van der Waals surface area (Å²) in [5.74, 6) is 5.51. The molecule has 0 saturated carbocycles. The van der Waals surface area contributed by atoms with Gasteiger partial charge < -0.3 is 0 Å². The van der Waals surface area contributed by atoms with Crippen molar-refractivity contribution in [3.8, 4) is 0 Å². The summed E-state index contributed by atoms with van der Waals surface area (Å²) in [6.07, 6.45) is 4.94. The number of hydrogen-bond acceptors (Lipinski definition) is 0. The molecule has 0 aromatic heterocycles. The van der Waals surface area contributed by atoms with Crippen LogP contribution in [0.3, 0.4) is 0 Å². The Labute approximate surface area is 200 Å². The van der Waals surface area contributed by atoms with Crippen molar-refractivity contribution in [1.29, 1.82) is 0 Å². The summed E-state index contributed by atoms with van der Waals surface area (Å²) in [5, 5.41) is 0. The number of rotatable bonds is 7. The second-order valence-electron chi connectivity index (χ2n) is 11.8. The third-order valence-corrected chi connectivity index (χ3v) is 115. The molecule has 32 heavy (non-hydrogen) atoms. The van der Waals surface area contributed by atoms with Crippen LogP contribution in [0.25, 0.3) is 11.1 Å². The minimum absolute atomic E-state index is 0.721. The minimum atomic E-state index is -3.53. The van der Waals surface area contributed by atoms with Crippen molar-refractivity contribution in [3.63, 3.8) is 0 Å². The van der Waals surface area contributed by atoms with E-state index in [0.29, 0.717) is 0 Å². The fourth-order valence-electron chi connectivity index (χ4n) is 7.63. The SMILES string of the molecule is CCCC1=C(C)[CH]([Hf]([CH3])([CH3])([CH]2C(C)=C(CCC)c3ccccc32)[GeH]([CH3])[CH3])c2ccccc21. The molecule has 0 nitrogen and oxygen atoms in total. The van der Waals surface area contributed by atoms with E-state index in [0.717, 1.165) is 7.35 Å². The van der Waals surface area contributed by atoms with Crippen LogP contribution >= 0.6 is 0 Å². The molecule has 0 spiro atoms. The molecule has 0 N–H and O–H groups in total. The van der Waals surface area contributed by atoms with Gasteiger partial charge in [0.1, 0.15) is 0 Å². The van der Waals surface area contributed by atoms with Gasteiger partial charge in [0.15, 0.2) is 0 Å². The van der Waals surface area contributed by atoms with E-state index < -0.39 is 26.7 Å². The van der Waals surface area contributed by atoms with E-state index in [2.05, 4.69) is 97.1 Å². The van der Waals surface area contributed by atoms with Crippen LogP contribution in [0.4, 0.5) is 0 Å². The molecular formula is C30H43GeHf. The zero-order valence-corrected chi connectivity index (χ0v) is 27.7. The standard InChI is InChI=1S/2C13H15.C2H7Ge.2CH3.Hf/c2*1-3-6-12-10(2)9-11-7-4-5-8-13(11)12;1-3-2;;;/h2*4-5,7-9H,3,6H2,1-2H3;3H,1-2H3;2*1H3;. The molecule has 0 bridgehead atoms. The molecule has 2 unspecified atom stereocenters. The van der Waals surface area contributed by atoms with Crippen molar-refractivity contribution >= 4 is 21.8 Å². The monoisotopic (exact) mass is 657 g/mol. The molecule has 171 valence electrons. The molecule has 0 amide bonds. The fourth-order valence-corrected chi connectivity index (χ4v) is 71.2. The second kappa shape index (κ2) is 8.84. The predicted octanol–water partition coefficient (Wildman–Crippen LogP) is 9.41. The first-order valence-corrected chi connectivity index (χ1v) is 41.1.